The van der Waals surface area contributed by atoms with Gasteiger partial charge in [-0.25, -0.2) is 4.79 Å². The second-order valence-corrected chi connectivity index (χ2v) is 3.43. The maximum Gasteiger partial charge on any atom is 0.337 e. The first-order valence-corrected chi connectivity index (χ1v) is 5.35. The van der Waals surface area contributed by atoms with E-state index >= 15 is 0 Å². The van der Waals surface area contributed by atoms with Gasteiger partial charge in [-0.15, -0.1) is 0 Å². The fraction of sp³-hybridized carbons (Fsp3) is 0.364. The molecule has 2 rings (SSSR count). The van der Waals surface area contributed by atoms with Crippen molar-refractivity contribution in [3.05, 3.63) is 32.4 Å². The lowest BCUT2D eigenvalue weighted by Crippen LogP contribution is -2.15. The van der Waals surface area contributed by atoms with Crippen molar-refractivity contribution in [2.24, 2.45) is 0 Å². The molecule has 17 heavy (non-hydrogen) atoms. The standard InChI is InChI=1S/C11H12N2O4/c1-3-6-5-7(14)17-10-8(6)9(15)12-11(13-10)16-4-2/h5H,3-4H2,1-2H3,(H,12,13,15). The summed E-state index contributed by atoms with van der Waals surface area (Å²) < 4.78 is 9.98. The van der Waals surface area contributed by atoms with Gasteiger partial charge in [0.25, 0.3) is 11.6 Å². The average Bonchev–Trinajstić information content (AvgIpc) is 2.27. The summed E-state index contributed by atoms with van der Waals surface area (Å²) in [6, 6.07) is 1.36. The van der Waals surface area contributed by atoms with Gasteiger partial charge in [-0.2, -0.15) is 4.98 Å². The van der Waals surface area contributed by atoms with E-state index in [1.54, 1.807) is 6.92 Å². The van der Waals surface area contributed by atoms with Crippen LogP contribution in [0.25, 0.3) is 11.1 Å². The molecule has 2 heterocycles. The Kier molecular flexibility index (Phi) is 2.95. The van der Waals surface area contributed by atoms with Crippen LogP contribution in [0, 0.1) is 0 Å². The number of hydrogen-bond acceptors (Lipinski definition) is 5. The molecule has 0 fully saturated rings. The molecule has 0 saturated heterocycles. The van der Waals surface area contributed by atoms with E-state index in [-0.39, 0.29) is 17.3 Å². The van der Waals surface area contributed by atoms with Gasteiger partial charge in [0.2, 0.25) is 5.71 Å². The molecule has 0 amide bonds. The van der Waals surface area contributed by atoms with Gasteiger partial charge in [0.1, 0.15) is 5.39 Å². The Bertz CT molecular complexity index is 657. The molecule has 6 nitrogen and oxygen atoms in total. The third-order valence-electron chi connectivity index (χ3n) is 2.34. The van der Waals surface area contributed by atoms with Crippen LogP contribution in [-0.2, 0) is 6.42 Å². The van der Waals surface area contributed by atoms with Gasteiger partial charge in [0, 0.05) is 6.07 Å². The third-order valence-corrected chi connectivity index (χ3v) is 2.34. The first-order chi connectivity index (χ1) is 8.15. The lowest BCUT2D eigenvalue weighted by Gasteiger charge is -2.04. The molecule has 0 aromatic carbocycles. The molecule has 0 saturated carbocycles. The molecule has 90 valence electrons. The van der Waals surface area contributed by atoms with Crippen LogP contribution in [0.1, 0.15) is 19.4 Å². The number of rotatable bonds is 3. The molecular weight excluding hydrogens is 224 g/mol. The van der Waals surface area contributed by atoms with Gasteiger partial charge in [-0.05, 0) is 18.9 Å². The van der Waals surface area contributed by atoms with Gasteiger partial charge in [0.15, 0.2) is 0 Å². The van der Waals surface area contributed by atoms with E-state index in [4.69, 9.17) is 9.15 Å². The molecule has 0 aliphatic heterocycles. The van der Waals surface area contributed by atoms with E-state index in [1.165, 1.54) is 6.07 Å². The fourth-order valence-electron chi connectivity index (χ4n) is 1.61. The Morgan fingerprint density at radius 3 is 2.82 bits per heavy atom. The summed E-state index contributed by atoms with van der Waals surface area (Å²) in [6.45, 7) is 3.99. The summed E-state index contributed by atoms with van der Waals surface area (Å²) in [4.78, 5) is 29.6. The molecular formula is C11H12N2O4. The first kappa shape index (κ1) is 11.4. The van der Waals surface area contributed by atoms with Crippen molar-refractivity contribution in [2.45, 2.75) is 20.3 Å². The fourth-order valence-corrected chi connectivity index (χ4v) is 1.61. The van der Waals surface area contributed by atoms with Crippen molar-refractivity contribution in [2.75, 3.05) is 6.61 Å². The average molecular weight is 236 g/mol. The quantitative estimate of drug-likeness (QED) is 0.853. The lowest BCUT2D eigenvalue weighted by molar-refractivity contribution is 0.311. The van der Waals surface area contributed by atoms with Gasteiger partial charge >= 0.3 is 5.63 Å². The van der Waals surface area contributed by atoms with Crippen molar-refractivity contribution in [1.29, 1.82) is 0 Å². The van der Waals surface area contributed by atoms with Crippen molar-refractivity contribution < 1.29 is 9.15 Å². The summed E-state index contributed by atoms with van der Waals surface area (Å²) in [5.41, 5.74) is -0.247. The number of hydrogen-bond donors (Lipinski definition) is 1. The monoisotopic (exact) mass is 236 g/mol. The predicted octanol–water partition coefficient (Wildman–Crippen LogP) is 0.837. The van der Waals surface area contributed by atoms with Gasteiger partial charge < -0.3 is 9.15 Å². The highest BCUT2D eigenvalue weighted by molar-refractivity contribution is 5.75. The van der Waals surface area contributed by atoms with Crippen LogP contribution in [-0.4, -0.2) is 16.6 Å². The van der Waals surface area contributed by atoms with Crippen LogP contribution >= 0.6 is 0 Å². The largest absolute Gasteiger partial charge is 0.465 e. The molecule has 0 aliphatic carbocycles. The maximum atomic E-state index is 11.8. The minimum atomic E-state index is -0.519. The molecule has 0 spiro atoms. The molecule has 0 aliphatic rings. The van der Waals surface area contributed by atoms with Crippen LogP contribution < -0.4 is 15.9 Å². The number of aryl methyl sites for hydroxylation is 1. The summed E-state index contributed by atoms with van der Waals surface area (Å²) in [5.74, 6) is 0. The molecule has 0 bridgehead atoms. The van der Waals surface area contributed by atoms with Gasteiger partial charge in [-0.1, -0.05) is 6.92 Å². The molecule has 0 radical (unpaired) electrons. The molecule has 2 aromatic rings. The number of aromatic amines is 1. The van der Waals surface area contributed by atoms with Gasteiger partial charge in [-0.3, -0.25) is 9.78 Å². The van der Waals surface area contributed by atoms with Crippen molar-refractivity contribution in [3.63, 3.8) is 0 Å². The number of nitrogens with one attached hydrogen (secondary N) is 1. The topological polar surface area (TPSA) is 85.2 Å². The Morgan fingerprint density at radius 1 is 1.41 bits per heavy atom. The predicted molar refractivity (Wildman–Crippen MR) is 61.4 cm³/mol. The van der Waals surface area contributed by atoms with E-state index < -0.39 is 5.63 Å². The van der Waals surface area contributed by atoms with Crippen molar-refractivity contribution in [3.8, 4) is 6.01 Å². The molecule has 0 unspecified atom stereocenters. The number of aromatic nitrogens is 2. The highest BCUT2D eigenvalue weighted by Gasteiger charge is 2.11. The van der Waals surface area contributed by atoms with Crippen LogP contribution in [0.5, 0.6) is 6.01 Å². The Labute approximate surface area is 96.3 Å². The molecule has 2 aromatic heterocycles. The van der Waals surface area contributed by atoms with Crippen molar-refractivity contribution in [1.82, 2.24) is 9.97 Å². The Morgan fingerprint density at radius 2 is 2.18 bits per heavy atom. The summed E-state index contributed by atoms with van der Waals surface area (Å²) in [6.07, 6.45) is 0.556. The molecule has 1 N–H and O–H groups in total. The van der Waals surface area contributed by atoms with E-state index in [2.05, 4.69) is 9.97 Å². The number of H-pyrrole nitrogens is 1. The van der Waals surface area contributed by atoms with E-state index in [1.807, 2.05) is 6.92 Å². The van der Waals surface area contributed by atoms with Gasteiger partial charge in [0.05, 0.1) is 6.61 Å². The SMILES string of the molecule is CCOc1nc2oc(=O)cc(CC)c2c(=O)[nH]1. The summed E-state index contributed by atoms with van der Waals surface area (Å²) >= 11 is 0. The second kappa shape index (κ2) is 4.40. The zero-order valence-corrected chi connectivity index (χ0v) is 9.57. The van der Waals surface area contributed by atoms with Crippen LogP contribution in [0.3, 0.4) is 0 Å². The van der Waals surface area contributed by atoms with E-state index in [0.29, 0.717) is 24.0 Å². The van der Waals surface area contributed by atoms with Crippen LogP contribution in [0.4, 0.5) is 0 Å². The highest BCUT2D eigenvalue weighted by Crippen LogP contribution is 2.13. The van der Waals surface area contributed by atoms with Crippen LogP contribution in [0.15, 0.2) is 20.1 Å². The first-order valence-electron chi connectivity index (χ1n) is 5.35. The highest BCUT2D eigenvalue weighted by atomic mass is 16.5. The normalized spacial score (nSPS) is 10.7. The van der Waals surface area contributed by atoms with E-state index in [0.717, 1.165) is 0 Å². The minimum Gasteiger partial charge on any atom is -0.465 e. The number of ether oxygens (including phenoxy) is 1. The minimum absolute atomic E-state index is 0.0153. The van der Waals surface area contributed by atoms with Crippen LogP contribution in [0.2, 0.25) is 0 Å². The third kappa shape index (κ3) is 2.06. The smallest absolute Gasteiger partial charge is 0.337 e. The van der Waals surface area contributed by atoms with E-state index in [9.17, 15) is 9.59 Å². The maximum absolute atomic E-state index is 11.8. The summed E-state index contributed by atoms with van der Waals surface area (Å²) in [5, 5.41) is 0.301. The Hall–Kier alpha value is -2.11. The Balaban J connectivity index is 2.81. The van der Waals surface area contributed by atoms with Crippen molar-refractivity contribution >= 4 is 11.1 Å². The second-order valence-electron chi connectivity index (χ2n) is 3.43. The summed E-state index contributed by atoms with van der Waals surface area (Å²) in [7, 11) is 0. The number of nitrogens with zero attached hydrogens (tertiary/aromatic N) is 1. The molecule has 6 heteroatoms. The zero-order chi connectivity index (χ0) is 12.4. The zero-order valence-electron chi connectivity index (χ0n) is 9.57. The molecule has 0 atom stereocenters. The lowest BCUT2D eigenvalue weighted by atomic mass is 10.1. The number of fused-ring (bicyclic) bond motifs is 1.